The van der Waals surface area contributed by atoms with Gasteiger partial charge in [0, 0.05) is 18.6 Å². The summed E-state index contributed by atoms with van der Waals surface area (Å²) in [6.45, 7) is 7.80. The van der Waals surface area contributed by atoms with Gasteiger partial charge < -0.3 is 25.8 Å². The highest BCUT2D eigenvalue weighted by Gasteiger charge is 2.23. The van der Waals surface area contributed by atoms with E-state index in [0.717, 1.165) is 25.1 Å². The van der Waals surface area contributed by atoms with E-state index >= 15 is 0 Å². The number of carbonyl (C=O) groups excluding carboxylic acids is 2. The molecule has 4 N–H and O–H groups in total. The zero-order valence-corrected chi connectivity index (χ0v) is 15.2. The first-order chi connectivity index (χ1) is 11.8. The van der Waals surface area contributed by atoms with Gasteiger partial charge in [-0.2, -0.15) is 0 Å². The van der Waals surface area contributed by atoms with Crippen LogP contribution < -0.4 is 16.4 Å². The van der Waals surface area contributed by atoms with Gasteiger partial charge in [-0.05, 0) is 39.3 Å². The summed E-state index contributed by atoms with van der Waals surface area (Å²) in [6.07, 6.45) is 0.433. The average molecular weight is 351 g/mol. The van der Waals surface area contributed by atoms with E-state index in [1.165, 1.54) is 0 Å². The molecule has 0 saturated carbocycles. The molecule has 1 aliphatic rings. The van der Waals surface area contributed by atoms with E-state index in [-0.39, 0.29) is 24.3 Å². The summed E-state index contributed by atoms with van der Waals surface area (Å²) in [5, 5.41) is 5.99. The van der Waals surface area contributed by atoms with Crippen LogP contribution in [0.3, 0.4) is 0 Å². The number of rotatable bonds is 4. The van der Waals surface area contributed by atoms with Crippen molar-refractivity contribution in [3.63, 3.8) is 0 Å². The minimum absolute atomic E-state index is 0.00507. The molecule has 1 aliphatic heterocycles. The molecule has 0 radical (unpaired) electrons. The van der Waals surface area contributed by atoms with Crippen LogP contribution >= 0.6 is 0 Å². The molecule has 140 valence electrons. The SMILES string of the molecule is CC(C)(C)OC=O.NC1CNCCC1NC(=O)OCc1ccccc1. The van der Waals surface area contributed by atoms with Crippen LogP contribution in [-0.4, -0.2) is 43.3 Å². The number of piperidine rings is 1. The van der Waals surface area contributed by atoms with E-state index < -0.39 is 6.09 Å². The predicted molar refractivity (Wildman–Crippen MR) is 95.9 cm³/mol. The molecule has 0 spiro atoms. The lowest BCUT2D eigenvalue weighted by molar-refractivity contribution is -0.138. The molecule has 2 unspecified atom stereocenters. The van der Waals surface area contributed by atoms with Crippen LogP contribution in [0.5, 0.6) is 0 Å². The quantitative estimate of drug-likeness (QED) is 0.712. The number of hydrogen-bond acceptors (Lipinski definition) is 6. The van der Waals surface area contributed by atoms with Crippen molar-refractivity contribution in [2.24, 2.45) is 5.73 Å². The summed E-state index contributed by atoms with van der Waals surface area (Å²) in [5.74, 6) is 0. The number of carbonyl (C=O) groups is 2. The second kappa shape index (κ2) is 10.7. The van der Waals surface area contributed by atoms with Gasteiger partial charge in [-0.15, -0.1) is 0 Å². The highest BCUT2D eigenvalue weighted by Crippen LogP contribution is 2.04. The summed E-state index contributed by atoms with van der Waals surface area (Å²) in [7, 11) is 0. The molecule has 1 fully saturated rings. The second-order valence-corrected chi connectivity index (χ2v) is 6.80. The number of alkyl carbamates (subject to hydrolysis) is 1. The molecule has 1 amide bonds. The van der Waals surface area contributed by atoms with E-state index in [1.54, 1.807) is 0 Å². The smallest absolute Gasteiger partial charge is 0.407 e. The van der Waals surface area contributed by atoms with E-state index in [4.69, 9.17) is 10.5 Å². The number of benzene rings is 1. The Labute approximate surface area is 149 Å². The first-order valence-electron chi connectivity index (χ1n) is 8.37. The lowest BCUT2D eigenvalue weighted by Gasteiger charge is -2.29. The first-order valence-corrected chi connectivity index (χ1v) is 8.37. The van der Waals surface area contributed by atoms with Gasteiger partial charge >= 0.3 is 6.09 Å². The van der Waals surface area contributed by atoms with Gasteiger partial charge in [-0.25, -0.2) is 4.79 Å². The van der Waals surface area contributed by atoms with Crippen molar-refractivity contribution in [3.05, 3.63) is 35.9 Å². The van der Waals surface area contributed by atoms with Crippen LogP contribution in [0.1, 0.15) is 32.8 Å². The molecule has 7 nitrogen and oxygen atoms in total. The van der Waals surface area contributed by atoms with Crippen molar-refractivity contribution in [1.82, 2.24) is 10.6 Å². The van der Waals surface area contributed by atoms with Crippen LogP contribution in [0.25, 0.3) is 0 Å². The molecule has 2 rings (SSSR count). The van der Waals surface area contributed by atoms with Gasteiger partial charge in [0.2, 0.25) is 0 Å². The van der Waals surface area contributed by atoms with Crippen LogP contribution in [0.2, 0.25) is 0 Å². The first kappa shape index (κ1) is 20.9. The van der Waals surface area contributed by atoms with Gasteiger partial charge in [0.15, 0.2) is 0 Å². The van der Waals surface area contributed by atoms with E-state index in [0.29, 0.717) is 6.47 Å². The summed E-state index contributed by atoms with van der Waals surface area (Å²) >= 11 is 0. The number of amides is 1. The standard InChI is InChI=1S/C13H19N3O2.C5H10O2/c14-11-8-15-7-6-12(11)16-13(17)18-9-10-4-2-1-3-5-10;1-5(2,3)7-4-6/h1-5,11-12,15H,6-9,14H2,(H,16,17);4H,1-3H3. The van der Waals surface area contributed by atoms with Crippen molar-refractivity contribution in [1.29, 1.82) is 0 Å². The Kier molecular flexibility index (Phi) is 8.94. The third-order valence-corrected chi connectivity index (χ3v) is 3.45. The lowest BCUT2D eigenvalue weighted by Crippen LogP contribution is -2.56. The van der Waals surface area contributed by atoms with E-state index in [2.05, 4.69) is 15.4 Å². The molecule has 25 heavy (non-hydrogen) atoms. The monoisotopic (exact) mass is 351 g/mol. The Balaban J connectivity index is 0.000000381. The fourth-order valence-corrected chi connectivity index (χ4v) is 2.12. The maximum absolute atomic E-state index is 11.6. The summed E-state index contributed by atoms with van der Waals surface area (Å²) in [4.78, 5) is 21.2. The molecule has 1 saturated heterocycles. The summed E-state index contributed by atoms with van der Waals surface area (Å²) < 4.78 is 9.70. The Hall–Kier alpha value is -2.12. The highest BCUT2D eigenvalue weighted by molar-refractivity contribution is 5.67. The van der Waals surface area contributed by atoms with Crippen molar-refractivity contribution in [2.75, 3.05) is 13.1 Å². The summed E-state index contributed by atoms with van der Waals surface area (Å²) in [6, 6.07) is 9.54. The van der Waals surface area contributed by atoms with Crippen molar-refractivity contribution in [3.8, 4) is 0 Å². The van der Waals surface area contributed by atoms with Crippen molar-refractivity contribution >= 4 is 12.6 Å². The highest BCUT2D eigenvalue weighted by atomic mass is 16.5. The van der Waals surface area contributed by atoms with Gasteiger partial charge in [-0.1, -0.05) is 30.3 Å². The maximum Gasteiger partial charge on any atom is 0.407 e. The molecule has 1 heterocycles. The molecule has 0 bridgehead atoms. The minimum atomic E-state index is -0.402. The Morgan fingerprint density at radius 3 is 2.56 bits per heavy atom. The van der Waals surface area contributed by atoms with Gasteiger partial charge in [0.05, 0.1) is 0 Å². The minimum Gasteiger partial charge on any atom is -0.462 e. The predicted octanol–water partition coefficient (Wildman–Crippen LogP) is 1.56. The molecule has 0 aromatic heterocycles. The molecule has 7 heteroatoms. The van der Waals surface area contributed by atoms with Gasteiger partial charge in [-0.3, -0.25) is 4.79 Å². The maximum atomic E-state index is 11.6. The topological polar surface area (TPSA) is 103 Å². The summed E-state index contributed by atoms with van der Waals surface area (Å²) in [5.41, 5.74) is 6.56. The Morgan fingerprint density at radius 1 is 1.36 bits per heavy atom. The zero-order valence-electron chi connectivity index (χ0n) is 15.2. The molecule has 1 aromatic carbocycles. The van der Waals surface area contributed by atoms with Crippen molar-refractivity contribution in [2.45, 2.75) is 51.5 Å². The van der Waals surface area contributed by atoms with Crippen LogP contribution in [0.15, 0.2) is 30.3 Å². The molecule has 1 aromatic rings. The normalized spacial score (nSPS) is 19.8. The lowest BCUT2D eigenvalue weighted by atomic mass is 10.0. The Bertz CT molecular complexity index is 517. The number of hydrogen-bond donors (Lipinski definition) is 3. The molecule has 2 atom stereocenters. The molecular formula is C18H29N3O4. The number of nitrogens with one attached hydrogen (secondary N) is 2. The molecular weight excluding hydrogens is 322 g/mol. The third-order valence-electron chi connectivity index (χ3n) is 3.45. The second-order valence-electron chi connectivity index (χ2n) is 6.80. The zero-order chi connectivity index (χ0) is 18.7. The van der Waals surface area contributed by atoms with Crippen LogP contribution in [0, 0.1) is 0 Å². The van der Waals surface area contributed by atoms with Crippen molar-refractivity contribution < 1.29 is 19.1 Å². The number of nitrogens with two attached hydrogens (primary N) is 1. The third kappa shape index (κ3) is 9.69. The largest absolute Gasteiger partial charge is 0.462 e. The van der Waals surface area contributed by atoms with Gasteiger partial charge in [0.1, 0.15) is 12.2 Å². The number of ether oxygens (including phenoxy) is 2. The van der Waals surface area contributed by atoms with Crippen LogP contribution in [0.4, 0.5) is 4.79 Å². The van der Waals surface area contributed by atoms with E-state index in [9.17, 15) is 9.59 Å². The Morgan fingerprint density at radius 2 is 2.04 bits per heavy atom. The van der Waals surface area contributed by atoms with Gasteiger partial charge in [0.25, 0.3) is 6.47 Å². The fourth-order valence-electron chi connectivity index (χ4n) is 2.12. The van der Waals surface area contributed by atoms with Crippen LogP contribution in [-0.2, 0) is 20.9 Å². The van der Waals surface area contributed by atoms with E-state index in [1.807, 2.05) is 51.1 Å². The molecule has 0 aliphatic carbocycles. The fraction of sp³-hybridized carbons (Fsp3) is 0.556. The average Bonchev–Trinajstić information content (AvgIpc) is 2.56.